The molecule has 0 bridgehead atoms. The van der Waals surface area contributed by atoms with Gasteiger partial charge in [-0.25, -0.2) is 9.18 Å². The van der Waals surface area contributed by atoms with E-state index in [1.54, 1.807) is 0 Å². The van der Waals surface area contributed by atoms with Crippen molar-refractivity contribution in [2.45, 2.75) is 50.0 Å². The van der Waals surface area contributed by atoms with Crippen LogP contribution in [-0.4, -0.2) is 34.6 Å². The molecule has 2 aromatic rings. The molecule has 4 N–H and O–H groups in total. The number of aromatic nitrogens is 1. The van der Waals surface area contributed by atoms with Crippen LogP contribution in [0.1, 0.15) is 58.6 Å². The van der Waals surface area contributed by atoms with Crippen LogP contribution in [0.2, 0.25) is 0 Å². The van der Waals surface area contributed by atoms with Crippen LogP contribution in [0.15, 0.2) is 17.1 Å². The minimum Gasteiger partial charge on any atom is -0.477 e. The number of nitrogens with two attached hydrogens (primary N) is 1. The number of fused-ring (bicyclic) bond motifs is 2. The lowest BCUT2D eigenvalue weighted by atomic mass is 9.72. The summed E-state index contributed by atoms with van der Waals surface area (Å²) < 4.78 is 16.7. The molecule has 3 unspecified atom stereocenters. The van der Waals surface area contributed by atoms with Crippen LogP contribution in [0.5, 0.6) is 0 Å². The molecule has 2 saturated carbocycles. The number of pyridine rings is 2. The fourth-order valence-corrected chi connectivity index (χ4v) is 5.76. The van der Waals surface area contributed by atoms with E-state index in [2.05, 4.69) is 5.32 Å². The Labute approximate surface area is 161 Å². The van der Waals surface area contributed by atoms with Gasteiger partial charge in [0.05, 0.1) is 5.52 Å². The average molecular weight is 385 g/mol. The molecule has 3 fully saturated rings. The van der Waals surface area contributed by atoms with E-state index in [1.165, 1.54) is 16.7 Å². The monoisotopic (exact) mass is 385 g/mol. The van der Waals surface area contributed by atoms with Crippen molar-refractivity contribution < 1.29 is 14.3 Å². The number of carboxylic acid groups (broad SMARTS) is 1. The molecule has 1 aliphatic heterocycles. The lowest BCUT2D eigenvalue weighted by Gasteiger charge is -2.33. The van der Waals surface area contributed by atoms with E-state index in [-0.39, 0.29) is 28.9 Å². The van der Waals surface area contributed by atoms with Crippen molar-refractivity contribution in [3.63, 3.8) is 0 Å². The highest BCUT2D eigenvalue weighted by molar-refractivity contribution is 5.88. The Bertz CT molecular complexity index is 1070. The van der Waals surface area contributed by atoms with Crippen molar-refractivity contribution in [1.82, 2.24) is 9.72 Å². The maximum absolute atomic E-state index is 15.5. The van der Waals surface area contributed by atoms with Gasteiger partial charge in [0, 0.05) is 36.3 Å². The first-order valence-electron chi connectivity index (χ1n) is 9.93. The molecule has 3 heterocycles. The SMILES string of the molecule is Cc1c(C23CCC(N)C2CNC3)c(F)cn2c(=O)c(C(=O)O)cc(C3CC3)c12. The van der Waals surface area contributed by atoms with Crippen LogP contribution in [-0.2, 0) is 5.41 Å². The van der Waals surface area contributed by atoms with Crippen LogP contribution in [0.4, 0.5) is 4.39 Å². The number of carbonyl (C=O) groups is 1. The van der Waals surface area contributed by atoms with E-state index < -0.39 is 17.3 Å². The third-order valence-corrected chi connectivity index (χ3v) is 7.18. The zero-order chi connectivity index (χ0) is 19.8. The van der Waals surface area contributed by atoms with Crippen molar-refractivity contribution >= 4 is 11.5 Å². The molecule has 6 nitrogen and oxygen atoms in total. The topological polar surface area (TPSA) is 96.8 Å². The molecule has 0 amide bonds. The first-order valence-corrected chi connectivity index (χ1v) is 9.93. The van der Waals surface area contributed by atoms with Gasteiger partial charge in [0.1, 0.15) is 11.4 Å². The summed E-state index contributed by atoms with van der Waals surface area (Å²) in [4.78, 5) is 24.3. The van der Waals surface area contributed by atoms with Crippen molar-refractivity contribution in [1.29, 1.82) is 0 Å². The first kappa shape index (κ1) is 17.8. The number of nitrogens with one attached hydrogen (secondary N) is 1. The second-order valence-electron chi connectivity index (χ2n) is 8.69. The molecule has 2 aliphatic carbocycles. The molecule has 7 heteroatoms. The number of aromatic carboxylic acids is 1. The third kappa shape index (κ3) is 2.26. The van der Waals surface area contributed by atoms with Crippen LogP contribution in [0, 0.1) is 18.7 Å². The normalized spacial score (nSPS) is 29.4. The second kappa shape index (κ2) is 5.87. The predicted molar refractivity (Wildman–Crippen MR) is 103 cm³/mol. The van der Waals surface area contributed by atoms with Crippen LogP contribution in [0.25, 0.3) is 5.52 Å². The standard InChI is InChI=1S/C21H24FN3O3/c1-10-17(21-5-4-16(23)14(21)7-24-9-21)15(22)8-25-18(10)12(11-2-3-11)6-13(19(25)26)20(27)28/h6,8,11,14,16,24H,2-5,7,9,23H2,1H3,(H,27,28). The predicted octanol–water partition coefficient (Wildman–Crippen LogP) is 1.90. The van der Waals surface area contributed by atoms with Crippen molar-refractivity contribution in [3.8, 4) is 0 Å². The molecule has 2 aromatic heterocycles. The summed E-state index contributed by atoms with van der Waals surface area (Å²) in [5, 5.41) is 12.8. The molecule has 1 saturated heterocycles. The van der Waals surface area contributed by atoms with Crippen molar-refractivity contribution in [2.24, 2.45) is 11.7 Å². The minimum atomic E-state index is -1.27. The fourth-order valence-electron chi connectivity index (χ4n) is 5.76. The minimum absolute atomic E-state index is 0.0320. The number of halogens is 1. The highest BCUT2D eigenvalue weighted by Crippen LogP contribution is 2.50. The quantitative estimate of drug-likeness (QED) is 0.750. The van der Waals surface area contributed by atoms with Gasteiger partial charge in [-0.15, -0.1) is 0 Å². The Hall–Kier alpha value is -2.25. The molecule has 5 rings (SSSR count). The van der Waals surface area contributed by atoms with Crippen molar-refractivity contribution in [2.75, 3.05) is 13.1 Å². The first-order chi connectivity index (χ1) is 13.3. The van der Waals surface area contributed by atoms with Gasteiger partial charge < -0.3 is 16.2 Å². The van der Waals surface area contributed by atoms with Gasteiger partial charge in [-0.3, -0.25) is 9.20 Å². The number of nitrogens with zero attached hydrogens (tertiary/aromatic N) is 1. The van der Waals surface area contributed by atoms with Gasteiger partial charge in [0.25, 0.3) is 5.56 Å². The molecule has 3 atom stereocenters. The Morgan fingerprint density at radius 2 is 2.14 bits per heavy atom. The molecule has 0 radical (unpaired) electrons. The maximum Gasteiger partial charge on any atom is 0.341 e. The molecule has 0 spiro atoms. The van der Waals surface area contributed by atoms with Gasteiger partial charge in [-0.2, -0.15) is 0 Å². The highest BCUT2D eigenvalue weighted by Gasteiger charge is 2.53. The molecular formula is C21H24FN3O3. The molecule has 28 heavy (non-hydrogen) atoms. The van der Waals surface area contributed by atoms with Crippen LogP contribution < -0.4 is 16.6 Å². The summed E-state index contributed by atoms with van der Waals surface area (Å²) in [6.07, 6.45) is 4.79. The third-order valence-electron chi connectivity index (χ3n) is 7.18. The summed E-state index contributed by atoms with van der Waals surface area (Å²) in [6, 6.07) is 1.54. The largest absolute Gasteiger partial charge is 0.477 e. The van der Waals surface area contributed by atoms with Gasteiger partial charge >= 0.3 is 5.97 Å². The van der Waals surface area contributed by atoms with Crippen LogP contribution >= 0.6 is 0 Å². The van der Waals surface area contributed by atoms with Crippen LogP contribution in [0.3, 0.4) is 0 Å². The number of hydrogen-bond acceptors (Lipinski definition) is 4. The number of aryl methyl sites for hydroxylation is 1. The summed E-state index contributed by atoms with van der Waals surface area (Å²) >= 11 is 0. The lowest BCUT2D eigenvalue weighted by Crippen LogP contribution is -2.38. The zero-order valence-electron chi connectivity index (χ0n) is 15.8. The summed E-state index contributed by atoms with van der Waals surface area (Å²) in [6.45, 7) is 3.31. The zero-order valence-corrected chi connectivity index (χ0v) is 15.8. The van der Waals surface area contributed by atoms with E-state index >= 15 is 4.39 Å². The van der Waals surface area contributed by atoms with E-state index in [1.807, 2.05) is 6.92 Å². The van der Waals surface area contributed by atoms with Crippen molar-refractivity contribution in [3.05, 3.63) is 50.7 Å². The van der Waals surface area contributed by atoms with Gasteiger partial charge in [0.2, 0.25) is 0 Å². The number of hydrogen-bond donors (Lipinski definition) is 3. The second-order valence-corrected chi connectivity index (χ2v) is 8.69. The average Bonchev–Trinajstić information content (AvgIpc) is 3.32. The number of carboxylic acids is 1. The van der Waals surface area contributed by atoms with E-state index in [4.69, 9.17) is 5.73 Å². The fraction of sp³-hybridized carbons (Fsp3) is 0.524. The van der Waals surface area contributed by atoms with Gasteiger partial charge in [0.15, 0.2) is 0 Å². The van der Waals surface area contributed by atoms with Gasteiger partial charge in [-0.05, 0) is 61.6 Å². The van der Waals surface area contributed by atoms with Gasteiger partial charge in [-0.1, -0.05) is 0 Å². The van der Waals surface area contributed by atoms with E-state index in [0.29, 0.717) is 17.6 Å². The van der Waals surface area contributed by atoms with E-state index in [0.717, 1.165) is 43.4 Å². The Morgan fingerprint density at radius 1 is 1.39 bits per heavy atom. The lowest BCUT2D eigenvalue weighted by molar-refractivity contribution is 0.0694. The summed E-state index contributed by atoms with van der Waals surface area (Å²) in [5.74, 6) is -1.33. The Morgan fingerprint density at radius 3 is 2.82 bits per heavy atom. The summed E-state index contributed by atoms with van der Waals surface area (Å²) in [7, 11) is 0. The Kier molecular flexibility index (Phi) is 3.74. The molecule has 0 aromatic carbocycles. The maximum atomic E-state index is 15.5. The summed E-state index contributed by atoms with van der Waals surface area (Å²) in [5.41, 5.74) is 7.92. The smallest absolute Gasteiger partial charge is 0.341 e. The molecule has 148 valence electrons. The highest BCUT2D eigenvalue weighted by atomic mass is 19.1. The molecular weight excluding hydrogens is 361 g/mol. The number of rotatable bonds is 3. The molecule has 3 aliphatic rings. The Balaban J connectivity index is 1.84. The van der Waals surface area contributed by atoms with E-state index in [9.17, 15) is 14.7 Å².